The van der Waals surface area contributed by atoms with Gasteiger partial charge >= 0.3 is 0 Å². The first kappa shape index (κ1) is 12.9. The molecule has 0 aliphatic rings. The summed E-state index contributed by atoms with van der Waals surface area (Å²) in [5, 5.41) is 3.55. The van der Waals surface area contributed by atoms with E-state index in [1.165, 1.54) is 15.6 Å². The third-order valence-corrected chi connectivity index (χ3v) is 5.04. The highest BCUT2D eigenvalue weighted by Gasteiger charge is 2.12. The lowest BCUT2D eigenvalue weighted by molar-refractivity contribution is 0.723. The molecule has 0 saturated carbocycles. The Bertz CT molecular complexity index is 705. The molecule has 3 heteroatoms. The maximum Gasteiger partial charge on any atom is 0.0347 e. The normalized spacial score (nSPS) is 12.7. The Labute approximate surface area is 125 Å². The van der Waals surface area contributed by atoms with Crippen LogP contribution in [0.1, 0.15) is 17.2 Å². The molecular weight excluding hydrogens is 318 g/mol. The van der Waals surface area contributed by atoms with E-state index in [1.54, 1.807) is 11.3 Å². The Kier molecular flexibility index (Phi) is 3.69. The van der Waals surface area contributed by atoms with Crippen LogP contribution in [0.25, 0.3) is 10.1 Å². The summed E-state index contributed by atoms with van der Waals surface area (Å²) in [7, 11) is 0. The Morgan fingerprint density at radius 2 is 1.79 bits per heavy atom. The highest BCUT2D eigenvalue weighted by Crippen LogP contribution is 2.30. The van der Waals surface area contributed by atoms with E-state index in [1.807, 2.05) is 18.2 Å². The summed E-state index contributed by atoms with van der Waals surface area (Å²) in [6, 6.07) is 16.7. The molecule has 2 aromatic carbocycles. The van der Waals surface area contributed by atoms with Crippen LogP contribution < -0.4 is 5.73 Å². The molecule has 0 amide bonds. The van der Waals surface area contributed by atoms with Gasteiger partial charge in [0.05, 0.1) is 0 Å². The molecule has 1 atom stereocenters. The Morgan fingerprint density at radius 1 is 1.05 bits per heavy atom. The van der Waals surface area contributed by atoms with E-state index in [9.17, 15) is 0 Å². The van der Waals surface area contributed by atoms with Crippen LogP contribution in [0.5, 0.6) is 0 Å². The van der Waals surface area contributed by atoms with Crippen molar-refractivity contribution in [3.63, 3.8) is 0 Å². The SMILES string of the molecule is NC(Cc1csc2ccccc12)c1ccccc1Br. The first-order valence-electron chi connectivity index (χ1n) is 6.21. The van der Waals surface area contributed by atoms with Crippen LogP contribution in [0, 0.1) is 0 Å². The fourth-order valence-electron chi connectivity index (χ4n) is 2.31. The van der Waals surface area contributed by atoms with Gasteiger partial charge in [-0.3, -0.25) is 0 Å². The van der Waals surface area contributed by atoms with Crippen LogP contribution in [-0.4, -0.2) is 0 Å². The third-order valence-electron chi connectivity index (χ3n) is 3.31. The summed E-state index contributed by atoms with van der Waals surface area (Å²) < 4.78 is 2.42. The number of halogens is 1. The van der Waals surface area contributed by atoms with Crippen molar-refractivity contribution in [2.45, 2.75) is 12.5 Å². The molecule has 3 rings (SSSR count). The van der Waals surface area contributed by atoms with Gasteiger partial charge in [-0.2, -0.15) is 0 Å². The maximum absolute atomic E-state index is 6.35. The van der Waals surface area contributed by atoms with Gasteiger partial charge < -0.3 is 5.73 Å². The van der Waals surface area contributed by atoms with Crippen molar-refractivity contribution in [3.05, 3.63) is 69.5 Å². The van der Waals surface area contributed by atoms with Crippen LogP contribution >= 0.6 is 27.3 Å². The zero-order valence-electron chi connectivity index (χ0n) is 10.3. The molecule has 19 heavy (non-hydrogen) atoms. The van der Waals surface area contributed by atoms with Crippen LogP contribution in [0.3, 0.4) is 0 Å². The molecule has 2 N–H and O–H groups in total. The van der Waals surface area contributed by atoms with E-state index in [0.717, 1.165) is 16.5 Å². The summed E-state index contributed by atoms with van der Waals surface area (Å²) >= 11 is 5.36. The molecule has 1 unspecified atom stereocenters. The highest BCUT2D eigenvalue weighted by molar-refractivity contribution is 9.10. The summed E-state index contributed by atoms with van der Waals surface area (Å²) in [4.78, 5) is 0. The van der Waals surface area contributed by atoms with Gasteiger partial charge in [0.2, 0.25) is 0 Å². The van der Waals surface area contributed by atoms with Gasteiger partial charge in [0.25, 0.3) is 0 Å². The Hall–Kier alpha value is -1.16. The molecule has 1 heterocycles. The zero-order valence-corrected chi connectivity index (χ0v) is 12.7. The van der Waals surface area contributed by atoms with E-state index < -0.39 is 0 Å². The first-order valence-corrected chi connectivity index (χ1v) is 7.88. The van der Waals surface area contributed by atoms with E-state index in [-0.39, 0.29) is 6.04 Å². The average Bonchev–Trinajstić information content (AvgIpc) is 2.83. The lowest BCUT2D eigenvalue weighted by atomic mass is 9.99. The summed E-state index contributed by atoms with van der Waals surface area (Å²) in [6.07, 6.45) is 0.868. The van der Waals surface area contributed by atoms with Crippen LogP contribution in [0.15, 0.2) is 58.4 Å². The molecule has 0 saturated heterocycles. The molecule has 1 nitrogen and oxygen atoms in total. The van der Waals surface area contributed by atoms with Gasteiger partial charge in [-0.15, -0.1) is 11.3 Å². The maximum atomic E-state index is 6.35. The Morgan fingerprint density at radius 3 is 2.63 bits per heavy atom. The van der Waals surface area contributed by atoms with Crippen LogP contribution in [0.4, 0.5) is 0 Å². The smallest absolute Gasteiger partial charge is 0.0347 e. The van der Waals surface area contributed by atoms with E-state index >= 15 is 0 Å². The average molecular weight is 332 g/mol. The van der Waals surface area contributed by atoms with Crippen LogP contribution in [-0.2, 0) is 6.42 Å². The number of thiophene rings is 1. The van der Waals surface area contributed by atoms with Crippen molar-refractivity contribution in [2.75, 3.05) is 0 Å². The van der Waals surface area contributed by atoms with Crippen molar-refractivity contribution in [1.29, 1.82) is 0 Å². The molecule has 1 aromatic heterocycles. The molecule has 3 aromatic rings. The van der Waals surface area contributed by atoms with E-state index in [0.29, 0.717) is 0 Å². The van der Waals surface area contributed by atoms with Crippen LogP contribution in [0.2, 0.25) is 0 Å². The van der Waals surface area contributed by atoms with Gasteiger partial charge in [0.1, 0.15) is 0 Å². The molecule has 0 bridgehead atoms. The van der Waals surface area contributed by atoms with E-state index in [4.69, 9.17) is 5.73 Å². The van der Waals surface area contributed by atoms with Crippen molar-refractivity contribution in [2.24, 2.45) is 5.73 Å². The number of nitrogens with two attached hydrogens (primary N) is 1. The van der Waals surface area contributed by atoms with Crippen molar-refractivity contribution >= 4 is 37.4 Å². The number of hydrogen-bond acceptors (Lipinski definition) is 2. The van der Waals surface area contributed by atoms with Gasteiger partial charge in [-0.05, 0) is 40.4 Å². The predicted molar refractivity (Wildman–Crippen MR) is 86.6 cm³/mol. The Balaban J connectivity index is 1.91. The van der Waals surface area contributed by atoms with Gasteiger partial charge in [0.15, 0.2) is 0 Å². The second-order valence-corrected chi connectivity index (χ2v) is 6.35. The summed E-state index contributed by atoms with van der Waals surface area (Å²) in [5.74, 6) is 0. The summed E-state index contributed by atoms with van der Waals surface area (Å²) in [6.45, 7) is 0. The molecule has 96 valence electrons. The molecule has 0 fully saturated rings. The minimum Gasteiger partial charge on any atom is -0.324 e. The van der Waals surface area contributed by atoms with Gasteiger partial charge in [-0.25, -0.2) is 0 Å². The second kappa shape index (κ2) is 5.45. The third kappa shape index (κ3) is 2.59. The predicted octanol–water partition coefficient (Wildman–Crippen LogP) is 4.91. The second-order valence-electron chi connectivity index (χ2n) is 4.59. The zero-order chi connectivity index (χ0) is 13.2. The standard InChI is InChI=1S/C16H14BrNS/c17-14-7-3-1-6-13(14)15(18)9-11-10-19-16-8-4-2-5-12(11)16/h1-8,10,15H,9,18H2. The molecule has 0 spiro atoms. The number of rotatable bonds is 3. The fraction of sp³-hybridized carbons (Fsp3) is 0.125. The minimum absolute atomic E-state index is 0.0218. The fourth-order valence-corrected chi connectivity index (χ4v) is 3.87. The topological polar surface area (TPSA) is 26.0 Å². The van der Waals surface area contributed by atoms with Gasteiger partial charge in [-0.1, -0.05) is 52.3 Å². The molecular formula is C16H14BrNS. The lowest BCUT2D eigenvalue weighted by Crippen LogP contribution is -2.13. The highest BCUT2D eigenvalue weighted by atomic mass is 79.9. The van der Waals surface area contributed by atoms with Crippen molar-refractivity contribution in [3.8, 4) is 0 Å². The number of fused-ring (bicyclic) bond motifs is 1. The number of hydrogen-bond donors (Lipinski definition) is 1. The summed E-state index contributed by atoms with van der Waals surface area (Å²) in [5.41, 5.74) is 8.85. The van der Waals surface area contributed by atoms with Gasteiger partial charge in [0, 0.05) is 15.2 Å². The molecule has 0 radical (unpaired) electrons. The quantitative estimate of drug-likeness (QED) is 0.725. The van der Waals surface area contributed by atoms with Crippen molar-refractivity contribution < 1.29 is 0 Å². The first-order chi connectivity index (χ1) is 9.25. The van der Waals surface area contributed by atoms with E-state index in [2.05, 4.69) is 51.6 Å². The molecule has 0 aliphatic heterocycles. The lowest BCUT2D eigenvalue weighted by Gasteiger charge is -2.13. The minimum atomic E-state index is 0.0218. The molecule has 0 aliphatic carbocycles. The van der Waals surface area contributed by atoms with Crippen molar-refractivity contribution in [1.82, 2.24) is 0 Å². The number of benzene rings is 2. The largest absolute Gasteiger partial charge is 0.324 e. The monoisotopic (exact) mass is 331 g/mol.